The number of nitrogens with one attached hydrogen (secondary N) is 1. The van der Waals surface area contributed by atoms with Gasteiger partial charge in [-0.1, -0.05) is 30.3 Å². The second kappa shape index (κ2) is 6.62. The Hall–Kier alpha value is -2.34. The standard InChI is InChI=1S/C16H17NO4S/c1-12(2)17-14-10-6-7-11-15(16(14)18)21-22(19,20)13-8-4-3-5-9-13/h3-12H,1-2H3,(H,17,18). The van der Waals surface area contributed by atoms with Crippen LogP contribution in [0.2, 0.25) is 0 Å². The van der Waals surface area contributed by atoms with Crippen LogP contribution in [0.25, 0.3) is 0 Å². The fourth-order valence-electron chi connectivity index (χ4n) is 1.82. The van der Waals surface area contributed by atoms with Crippen LogP contribution in [0.15, 0.2) is 64.3 Å². The Morgan fingerprint density at radius 2 is 1.55 bits per heavy atom. The molecule has 0 aliphatic heterocycles. The fraction of sp³-hybridized carbons (Fsp3) is 0.188. The molecule has 5 nitrogen and oxygen atoms in total. The first kappa shape index (κ1) is 16.0. The van der Waals surface area contributed by atoms with Gasteiger partial charge in [-0.3, -0.25) is 4.79 Å². The Kier molecular flexibility index (Phi) is 4.82. The molecule has 0 spiro atoms. The number of hydrogen-bond acceptors (Lipinski definition) is 5. The zero-order valence-corrected chi connectivity index (χ0v) is 13.1. The van der Waals surface area contributed by atoms with E-state index in [9.17, 15) is 13.2 Å². The van der Waals surface area contributed by atoms with E-state index in [-0.39, 0.29) is 16.7 Å². The van der Waals surface area contributed by atoms with E-state index in [2.05, 4.69) is 5.32 Å². The summed E-state index contributed by atoms with van der Waals surface area (Å²) in [5.74, 6) is -0.239. The quantitative estimate of drug-likeness (QED) is 0.858. The van der Waals surface area contributed by atoms with Crippen LogP contribution in [0.3, 0.4) is 0 Å². The van der Waals surface area contributed by atoms with Gasteiger partial charge in [0.05, 0.1) is 5.69 Å². The van der Waals surface area contributed by atoms with E-state index in [0.717, 1.165) is 0 Å². The molecule has 0 saturated carbocycles. The lowest BCUT2D eigenvalue weighted by atomic mass is 10.3. The third-order valence-corrected chi connectivity index (χ3v) is 4.01. The van der Waals surface area contributed by atoms with Gasteiger partial charge in [-0.15, -0.1) is 0 Å². The molecule has 0 aromatic heterocycles. The molecule has 0 fully saturated rings. The first-order valence-corrected chi connectivity index (χ1v) is 8.20. The summed E-state index contributed by atoms with van der Waals surface area (Å²) in [6.45, 7) is 3.77. The van der Waals surface area contributed by atoms with E-state index in [0.29, 0.717) is 5.69 Å². The van der Waals surface area contributed by atoms with Gasteiger partial charge in [-0.25, -0.2) is 0 Å². The minimum atomic E-state index is -4.04. The smallest absolute Gasteiger partial charge is 0.339 e. The van der Waals surface area contributed by atoms with Crippen molar-refractivity contribution in [3.8, 4) is 5.75 Å². The van der Waals surface area contributed by atoms with Crippen LogP contribution in [0.1, 0.15) is 13.8 Å². The largest absolute Gasteiger partial charge is 0.380 e. The van der Waals surface area contributed by atoms with E-state index in [1.807, 2.05) is 13.8 Å². The second-order valence-electron chi connectivity index (χ2n) is 4.97. The molecule has 0 bridgehead atoms. The number of benzene rings is 1. The molecule has 0 aliphatic rings. The first-order chi connectivity index (χ1) is 10.4. The molecule has 0 heterocycles. The molecule has 22 heavy (non-hydrogen) atoms. The van der Waals surface area contributed by atoms with Gasteiger partial charge >= 0.3 is 10.1 Å². The van der Waals surface area contributed by atoms with Crippen molar-refractivity contribution in [3.05, 3.63) is 64.8 Å². The molecule has 0 unspecified atom stereocenters. The minimum Gasteiger partial charge on any atom is -0.380 e. The van der Waals surface area contributed by atoms with Crippen molar-refractivity contribution < 1.29 is 12.6 Å². The first-order valence-electron chi connectivity index (χ1n) is 6.79. The van der Waals surface area contributed by atoms with Crippen molar-refractivity contribution in [3.63, 3.8) is 0 Å². The van der Waals surface area contributed by atoms with Crippen LogP contribution in [-0.4, -0.2) is 14.5 Å². The zero-order chi connectivity index (χ0) is 16.2. The van der Waals surface area contributed by atoms with Crippen molar-refractivity contribution in [2.75, 3.05) is 5.32 Å². The minimum absolute atomic E-state index is 0.000671. The lowest BCUT2D eigenvalue weighted by Gasteiger charge is -2.09. The number of rotatable bonds is 5. The van der Waals surface area contributed by atoms with Crippen LogP contribution < -0.4 is 14.9 Å². The maximum Gasteiger partial charge on any atom is 0.339 e. The molecule has 0 saturated heterocycles. The third kappa shape index (κ3) is 3.85. The molecular formula is C16H17NO4S. The van der Waals surface area contributed by atoms with Gasteiger partial charge in [0.15, 0.2) is 5.75 Å². The van der Waals surface area contributed by atoms with E-state index in [1.54, 1.807) is 36.4 Å². The Morgan fingerprint density at radius 3 is 2.18 bits per heavy atom. The molecule has 0 amide bonds. The summed E-state index contributed by atoms with van der Waals surface area (Å²) in [7, 11) is -4.04. The van der Waals surface area contributed by atoms with Gasteiger partial charge in [0.1, 0.15) is 4.90 Å². The predicted octanol–water partition coefficient (Wildman–Crippen LogP) is 2.63. The fourth-order valence-corrected chi connectivity index (χ4v) is 2.78. The van der Waals surface area contributed by atoms with E-state index in [1.165, 1.54) is 18.2 Å². The highest BCUT2D eigenvalue weighted by atomic mass is 32.2. The maximum atomic E-state index is 12.4. The Balaban J connectivity index is 2.43. The van der Waals surface area contributed by atoms with Crippen LogP contribution in [0, 0.1) is 0 Å². The molecule has 116 valence electrons. The van der Waals surface area contributed by atoms with Crippen molar-refractivity contribution in [2.24, 2.45) is 0 Å². The summed E-state index contributed by atoms with van der Waals surface area (Å²) < 4.78 is 29.4. The molecule has 6 heteroatoms. The summed E-state index contributed by atoms with van der Waals surface area (Å²) >= 11 is 0. The summed E-state index contributed by atoms with van der Waals surface area (Å²) in [6.07, 6.45) is 0. The average molecular weight is 319 g/mol. The molecule has 0 aliphatic carbocycles. The lowest BCUT2D eigenvalue weighted by molar-refractivity contribution is 0.484. The van der Waals surface area contributed by atoms with Crippen molar-refractivity contribution in [1.29, 1.82) is 0 Å². The van der Waals surface area contributed by atoms with E-state index in [4.69, 9.17) is 4.18 Å². The molecule has 2 aromatic rings. The third-order valence-electron chi connectivity index (χ3n) is 2.77. The maximum absolute atomic E-state index is 12.4. The number of anilines is 1. The Morgan fingerprint density at radius 1 is 0.955 bits per heavy atom. The summed E-state index contributed by atoms with van der Waals surface area (Å²) in [4.78, 5) is 12.4. The van der Waals surface area contributed by atoms with E-state index >= 15 is 0 Å². The highest BCUT2D eigenvalue weighted by Crippen LogP contribution is 2.16. The van der Waals surface area contributed by atoms with Gasteiger partial charge < -0.3 is 9.50 Å². The van der Waals surface area contributed by atoms with Crippen molar-refractivity contribution in [2.45, 2.75) is 24.8 Å². The lowest BCUT2D eigenvalue weighted by Crippen LogP contribution is -2.19. The van der Waals surface area contributed by atoms with Gasteiger partial charge in [0, 0.05) is 6.04 Å². The highest BCUT2D eigenvalue weighted by Gasteiger charge is 2.18. The average Bonchev–Trinajstić information content (AvgIpc) is 2.63. The van der Waals surface area contributed by atoms with Crippen molar-refractivity contribution in [1.82, 2.24) is 0 Å². The molecule has 0 atom stereocenters. The highest BCUT2D eigenvalue weighted by molar-refractivity contribution is 7.87. The molecule has 2 rings (SSSR count). The molecule has 1 N–H and O–H groups in total. The van der Waals surface area contributed by atoms with Crippen LogP contribution in [0.4, 0.5) is 5.69 Å². The van der Waals surface area contributed by atoms with Gasteiger partial charge in [0.25, 0.3) is 0 Å². The Bertz CT molecular complexity index is 802. The summed E-state index contributed by atoms with van der Waals surface area (Å²) in [5, 5.41) is 2.97. The van der Waals surface area contributed by atoms with Gasteiger partial charge in [0.2, 0.25) is 5.43 Å². The van der Waals surface area contributed by atoms with E-state index < -0.39 is 15.5 Å². The van der Waals surface area contributed by atoms with Crippen LogP contribution in [-0.2, 0) is 10.1 Å². The monoisotopic (exact) mass is 319 g/mol. The van der Waals surface area contributed by atoms with Crippen LogP contribution in [0.5, 0.6) is 5.75 Å². The Labute approximate surface area is 129 Å². The normalized spacial score (nSPS) is 11.2. The summed E-state index contributed by atoms with van der Waals surface area (Å²) in [6, 6.07) is 13.9. The zero-order valence-electron chi connectivity index (χ0n) is 12.3. The topological polar surface area (TPSA) is 72.5 Å². The summed E-state index contributed by atoms with van der Waals surface area (Å²) in [5.41, 5.74) is -0.212. The van der Waals surface area contributed by atoms with Crippen molar-refractivity contribution >= 4 is 15.8 Å². The number of hydrogen-bond donors (Lipinski definition) is 1. The van der Waals surface area contributed by atoms with Crippen LogP contribution >= 0.6 is 0 Å². The molecule has 2 aromatic carbocycles. The van der Waals surface area contributed by atoms with Gasteiger partial charge in [-0.2, -0.15) is 8.42 Å². The molecular weight excluding hydrogens is 302 g/mol. The molecule has 0 radical (unpaired) electrons. The SMILES string of the molecule is CC(C)Nc1ccccc(OS(=O)(=O)c2ccccc2)c1=O. The second-order valence-corrected chi connectivity index (χ2v) is 6.52. The van der Waals surface area contributed by atoms with Gasteiger partial charge in [-0.05, 0) is 38.1 Å². The predicted molar refractivity (Wildman–Crippen MR) is 85.7 cm³/mol.